The number of aryl methyl sites for hydroxylation is 1. The highest BCUT2D eigenvalue weighted by Crippen LogP contribution is 2.39. The molecule has 1 aliphatic carbocycles. The molecule has 0 atom stereocenters. The molecular weight excluding hydrogens is 527 g/mol. The third-order valence-electron chi connectivity index (χ3n) is 6.13. The first-order chi connectivity index (χ1) is 19.1. The fourth-order valence-electron chi connectivity index (χ4n) is 4.05. The molecule has 0 radical (unpaired) electrons. The van der Waals surface area contributed by atoms with Gasteiger partial charge in [-0.15, -0.1) is 0 Å². The number of aromatic nitrogens is 2. The van der Waals surface area contributed by atoms with Crippen LogP contribution in [0.1, 0.15) is 57.7 Å². The van der Waals surface area contributed by atoms with Gasteiger partial charge in [0.2, 0.25) is 6.41 Å². The monoisotopic (exact) mass is 566 g/mol. The van der Waals surface area contributed by atoms with E-state index in [2.05, 4.69) is 10.0 Å². The minimum atomic E-state index is -0.426. The highest BCUT2D eigenvalue weighted by atomic mass is 32.2. The van der Waals surface area contributed by atoms with Crippen LogP contribution in [0.25, 0.3) is 17.0 Å². The lowest BCUT2D eigenvalue weighted by Crippen LogP contribution is -2.32. The fourth-order valence-corrected chi connectivity index (χ4v) is 4.48. The van der Waals surface area contributed by atoms with Crippen LogP contribution in [0.2, 0.25) is 0 Å². The zero-order valence-corrected chi connectivity index (χ0v) is 25.3. The quantitative estimate of drug-likeness (QED) is 0.208. The van der Waals surface area contributed by atoms with Gasteiger partial charge in [0.05, 0.1) is 28.7 Å². The maximum Gasteiger partial charge on any atom is 0.278 e. The minimum absolute atomic E-state index is 0.0115. The van der Waals surface area contributed by atoms with Crippen LogP contribution >= 0.6 is 12.1 Å². The van der Waals surface area contributed by atoms with Crippen molar-refractivity contribution in [3.8, 4) is 11.3 Å². The molecule has 0 unspecified atom stereocenters. The summed E-state index contributed by atoms with van der Waals surface area (Å²) in [6.45, 7) is 9.52. The van der Waals surface area contributed by atoms with Crippen molar-refractivity contribution in [2.75, 3.05) is 36.1 Å². The first-order valence-electron chi connectivity index (χ1n) is 13.4. The lowest BCUT2D eigenvalue weighted by Gasteiger charge is -2.24. The molecule has 1 aromatic heterocycles. The summed E-state index contributed by atoms with van der Waals surface area (Å²) in [5.41, 5.74) is 4.71. The van der Waals surface area contributed by atoms with E-state index < -0.39 is 5.82 Å². The van der Waals surface area contributed by atoms with E-state index in [-0.39, 0.29) is 22.9 Å². The van der Waals surface area contributed by atoms with Crippen LogP contribution in [-0.4, -0.2) is 41.6 Å². The number of anilines is 3. The number of allylic oxidation sites excluding steroid dienone is 1. The van der Waals surface area contributed by atoms with Gasteiger partial charge in [0.25, 0.3) is 5.56 Å². The molecule has 10 heteroatoms. The van der Waals surface area contributed by atoms with Gasteiger partial charge in [-0.1, -0.05) is 37.6 Å². The highest BCUT2D eigenvalue weighted by Gasteiger charge is 2.32. The predicted molar refractivity (Wildman–Crippen MR) is 166 cm³/mol. The lowest BCUT2D eigenvalue weighted by molar-refractivity contribution is -0.107. The second-order valence-corrected chi connectivity index (χ2v) is 11.0. The number of rotatable bonds is 10. The first-order valence-corrected chi connectivity index (χ1v) is 14.1. The van der Waals surface area contributed by atoms with E-state index in [0.717, 1.165) is 35.2 Å². The second kappa shape index (κ2) is 13.6. The topological polar surface area (TPSA) is 82.5 Å². The van der Waals surface area contributed by atoms with E-state index in [4.69, 9.17) is 5.10 Å². The average molecular weight is 567 g/mol. The van der Waals surface area contributed by atoms with Crippen LogP contribution in [0.4, 0.5) is 21.5 Å². The molecule has 0 saturated heterocycles. The maximum atomic E-state index is 14.9. The number of carbonyl (C=O) groups is 1. The lowest BCUT2D eigenvalue weighted by atomic mass is 10.0. The van der Waals surface area contributed by atoms with E-state index in [1.165, 1.54) is 27.8 Å². The predicted octanol–water partition coefficient (Wildman–Crippen LogP) is 6.71. The standard InChI is InChI=1S/C28H33FN6O2S.C2H6/c1-17(2)25(30-23-14-7-18(3)15-22(23)29)24-27(34(6)16-36)26(31-35(28(24)37)21-12-13-21)19-8-10-20(11-9-19)32-38-33(4)5;1-2/h7-11,14-16,21,30,32H,12-13H2,1-6H3;1-2H3. The van der Waals surface area contributed by atoms with E-state index in [0.29, 0.717) is 23.5 Å². The van der Waals surface area contributed by atoms with Crippen molar-refractivity contribution in [2.24, 2.45) is 0 Å². The zero-order valence-electron chi connectivity index (χ0n) is 24.5. The SMILES string of the molecule is CC.CC(C)=C(Nc1ccc(C)cc1F)c1c(N(C)C=O)c(-c2ccc(NSN(C)C)cc2)nn(C2CC2)c1=O. The Morgan fingerprint density at radius 1 is 1.10 bits per heavy atom. The number of benzene rings is 2. The second-order valence-electron chi connectivity index (χ2n) is 9.84. The molecule has 0 bridgehead atoms. The van der Waals surface area contributed by atoms with Crippen molar-refractivity contribution in [2.45, 2.75) is 53.5 Å². The molecule has 1 saturated carbocycles. The normalized spacial score (nSPS) is 12.3. The molecule has 1 heterocycles. The maximum absolute atomic E-state index is 14.9. The average Bonchev–Trinajstić information content (AvgIpc) is 3.78. The van der Waals surface area contributed by atoms with Gasteiger partial charge in [-0.3, -0.25) is 9.59 Å². The molecular formula is C30H39FN6O2S. The van der Waals surface area contributed by atoms with Crippen LogP contribution in [0.5, 0.6) is 0 Å². The molecule has 4 rings (SSSR count). The van der Waals surface area contributed by atoms with Crippen LogP contribution in [-0.2, 0) is 4.79 Å². The Hall–Kier alpha value is -3.63. The largest absolute Gasteiger partial charge is 0.352 e. The Morgan fingerprint density at radius 2 is 1.75 bits per heavy atom. The molecule has 0 aliphatic heterocycles. The van der Waals surface area contributed by atoms with Crippen molar-refractivity contribution in [3.05, 3.63) is 75.3 Å². The molecule has 2 N–H and O–H groups in total. The number of halogens is 1. The van der Waals surface area contributed by atoms with Crippen LogP contribution in [0, 0.1) is 12.7 Å². The first kappa shape index (κ1) is 30.9. The Bertz CT molecular complexity index is 1430. The summed E-state index contributed by atoms with van der Waals surface area (Å²) in [4.78, 5) is 27.4. The zero-order chi connectivity index (χ0) is 29.6. The van der Waals surface area contributed by atoms with E-state index in [1.807, 2.05) is 77.3 Å². The molecule has 0 spiro atoms. The van der Waals surface area contributed by atoms with E-state index in [9.17, 15) is 14.0 Å². The summed E-state index contributed by atoms with van der Waals surface area (Å²) >= 11 is 1.45. The molecule has 1 fully saturated rings. The van der Waals surface area contributed by atoms with E-state index in [1.54, 1.807) is 19.2 Å². The van der Waals surface area contributed by atoms with Gasteiger partial charge in [-0.25, -0.2) is 13.4 Å². The molecule has 2 aromatic carbocycles. The van der Waals surface area contributed by atoms with Gasteiger partial charge >= 0.3 is 0 Å². The van der Waals surface area contributed by atoms with Crippen molar-refractivity contribution in [1.29, 1.82) is 0 Å². The van der Waals surface area contributed by atoms with Crippen LogP contribution < -0.4 is 20.5 Å². The Labute approximate surface area is 240 Å². The summed E-state index contributed by atoms with van der Waals surface area (Å²) in [5, 5.41) is 7.92. The van der Waals surface area contributed by atoms with Gasteiger partial charge < -0.3 is 14.9 Å². The number of amides is 1. The van der Waals surface area contributed by atoms with Gasteiger partial charge in [0.1, 0.15) is 11.5 Å². The fraction of sp³-hybridized carbons (Fsp3) is 0.367. The summed E-state index contributed by atoms with van der Waals surface area (Å²) in [6, 6.07) is 12.5. The summed E-state index contributed by atoms with van der Waals surface area (Å²) in [5.74, 6) is -0.426. The summed E-state index contributed by atoms with van der Waals surface area (Å²) in [7, 11) is 5.48. The number of hydrogen-bond donors (Lipinski definition) is 2. The van der Waals surface area contributed by atoms with Crippen molar-refractivity contribution < 1.29 is 9.18 Å². The smallest absolute Gasteiger partial charge is 0.278 e. The van der Waals surface area contributed by atoms with Gasteiger partial charge in [-0.05, 0) is 77.5 Å². The highest BCUT2D eigenvalue weighted by molar-refractivity contribution is 7.98. The van der Waals surface area contributed by atoms with Crippen molar-refractivity contribution in [3.63, 3.8) is 0 Å². The molecule has 40 heavy (non-hydrogen) atoms. The van der Waals surface area contributed by atoms with Gasteiger partial charge in [0.15, 0.2) is 0 Å². The van der Waals surface area contributed by atoms with Crippen LogP contribution in [0.15, 0.2) is 52.8 Å². The number of carbonyl (C=O) groups excluding carboxylic acids is 1. The van der Waals surface area contributed by atoms with Gasteiger partial charge in [-0.2, -0.15) is 5.10 Å². The van der Waals surface area contributed by atoms with Crippen molar-refractivity contribution >= 4 is 41.3 Å². The third-order valence-corrected chi connectivity index (χ3v) is 6.83. The van der Waals surface area contributed by atoms with Crippen LogP contribution in [0.3, 0.4) is 0 Å². The molecule has 1 amide bonds. The van der Waals surface area contributed by atoms with Gasteiger partial charge in [0, 0.05) is 30.4 Å². The van der Waals surface area contributed by atoms with E-state index >= 15 is 0 Å². The van der Waals surface area contributed by atoms with Crippen molar-refractivity contribution in [1.82, 2.24) is 14.1 Å². The number of nitrogens with zero attached hydrogens (tertiary/aromatic N) is 4. The molecule has 214 valence electrons. The summed E-state index contributed by atoms with van der Waals surface area (Å²) in [6.07, 6.45) is 2.36. The molecule has 3 aromatic rings. The minimum Gasteiger partial charge on any atom is -0.352 e. The molecule has 1 aliphatic rings. The third kappa shape index (κ3) is 7.11. The Balaban J connectivity index is 0.00000216. The number of nitrogens with one attached hydrogen (secondary N) is 2. The number of hydrogen-bond acceptors (Lipinski definition) is 7. The Morgan fingerprint density at radius 3 is 2.27 bits per heavy atom. The summed E-state index contributed by atoms with van der Waals surface area (Å²) < 4.78 is 21.6. The Kier molecular flexibility index (Phi) is 10.5. The molecule has 8 nitrogen and oxygen atoms in total.